The van der Waals surface area contributed by atoms with Crippen LogP contribution in [0.5, 0.6) is 11.6 Å². The molecule has 1 heterocycles. The van der Waals surface area contributed by atoms with Crippen LogP contribution < -0.4 is 10.2 Å². The van der Waals surface area contributed by atoms with Gasteiger partial charge in [-0.25, -0.2) is 13.8 Å². The first-order chi connectivity index (χ1) is 8.06. The van der Waals surface area contributed by atoms with E-state index in [0.29, 0.717) is 5.46 Å². The molecule has 0 atom stereocenters. The number of nitrogens with zero attached hydrogens (tertiary/aromatic N) is 1. The first kappa shape index (κ1) is 11.6. The van der Waals surface area contributed by atoms with Crippen molar-refractivity contribution in [3.05, 3.63) is 47.7 Å². The summed E-state index contributed by atoms with van der Waals surface area (Å²) in [7, 11) is 5.68. The molecule has 0 bridgehead atoms. The molecule has 0 aliphatic heterocycles. The highest BCUT2D eigenvalue weighted by atomic mass is 19.2. The molecule has 0 saturated heterocycles. The molecule has 2 aromatic rings. The molecule has 2 nitrogen and oxygen atoms in total. The van der Waals surface area contributed by atoms with Crippen LogP contribution in [-0.2, 0) is 0 Å². The Balaban J connectivity index is 2.28. The van der Waals surface area contributed by atoms with Gasteiger partial charge < -0.3 is 4.74 Å². The lowest BCUT2D eigenvalue weighted by atomic mass is 9.96. The number of aryl methyl sites for hydroxylation is 1. The predicted octanol–water partition coefficient (Wildman–Crippen LogP) is 2.25. The molecule has 0 spiro atoms. The van der Waals surface area contributed by atoms with Crippen LogP contribution >= 0.6 is 0 Å². The highest BCUT2D eigenvalue weighted by Crippen LogP contribution is 2.20. The van der Waals surface area contributed by atoms with Crippen molar-refractivity contribution < 1.29 is 13.5 Å². The van der Waals surface area contributed by atoms with Crippen molar-refractivity contribution in [2.45, 2.75) is 6.92 Å². The summed E-state index contributed by atoms with van der Waals surface area (Å²) in [5.74, 6) is -1.59. The Morgan fingerprint density at radius 1 is 1.18 bits per heavy atom. The predicted molar refractivity (Wildman–Crippen MR) is 60.8 cm³/mol. The van der Waals surface area contributed by atoms with Crippen molar-refractivity contribution in [1.29, 1.82) is 0 Å². The number of rotatable bonds is 2. The van der Waals surface area contributed by atoms with Crippen LogP contribution in [0.3, 0.4) is 0 Å². The van der Waals surface area contributed by atoms with Gasteiger partial charge >= 0.3 is 0 Å². The van der Waals surface area contributed by atoms with Crippen LogP contribution in [0.15, 0.2) is 30.5 Å². The minimum absolute atomic E-state index is 0.145. The highest BCUT2D eigenvalue weighted by Gasteiger charge is 2.06. The van der Waals surface area contributed by atoms with E-state index in [2.05, 4.69) is 4.98 Å². The van der Waals surface area contributed by atoms with Gasteiger partial charge in [-0.15, -0.1) is 0 Å². The Bertz CT molecular complexity index is 560. The molecule has 0 saturated carbocycles. The molecule has 0 aliphatic carbocycles. The summed E-state index contributed by atoms with van der Waals surface area (Å²) in [5.41, 5.74) is 1.23. The van der Waals surface area contributed by atoms with E-state index in [4.69, 9.17) is 12.6 Å². The molecule has 17 heavy (non-hydrogen) atoms. The minimum Gasteiger partial charge on any atom is -0.440 e. The van der Waals surface area contributed by atoms with Gasteiger partial charge in [0.05, 0.1) is 0 Å². The van der Waals surface area contributed by atoms with Crippen LogP contribution in [0, 0.1) is 18.6 Å². The van der Waals surface area contributed by atoms with Gasteiger partial charge in [0.2, 0.25) is 5.88 Å². The Kier molecular flexibility index (Phi) is 3.09. The van der Waals surface area contributed by atoms with E-state index in [0.717, 1.165) is 17.7 Å². The van der Waals surface area contributed by atoms with E-state index in [1.807, 2.05) is 6.92 Å². The second-order valence-electron chi connectivity index (χ2n) is 3.59. The van der Waals surface area contributed by atoms with Crippen LogP contribution in [0.2, 0.25) is 0 Å². The van der Waals surface area contributed by atoms with E-state index in [1.54, 1.807) is 12.3 Å². The third kappa shape index (κ3) is 2.61. The van der Waals surface area contributed by atoms with Crippen LogP contribution in [0.4, 0.5) is 8.78 Å². The fraction of sp³-hybridized carbons (Fsp3) is 0.0833. The van der Waals surface area contributed by atoms with Gasteiger partial charge in [0.1, 0.15) is 13.6 Å². The summed E-state index contributed by atoms with van der Waals surface area (Å²) in [6.45, 7) is 1.84. The number of benzene rings is 1. The lowest BCUT2D eigenvalue weighted by Crippen LogP contribution is -2.09. The average molecular weight is 231 g/mol. The highest BCUT2D eigenvalue weighted by molar-refractivity contribution is 6.34. The topological polar surface area (TPSA) is 22.1 Å². The van der Waals surface area contributed by atoms with Crippen LogP contribution in [0.1, 0.15) is 5.56 Å². The lowest BCUT2D eigenvalue weighted by Gasteiger charge is -2.08. The molecule has 1 aromatic carbocycles. The van der Waals surface area contributed by atoms with Gasteiger partial charge in [-0.3, -0.25) is 0 Å². The number of halogens is 2. The van der Waals surface area contributed by atoms with E-state index < -0.39 is 11.6 Å². The zero-order chi connectivity index (χ0) is 12.4. The number of aromatic nitrogens is 1. The van der Waals surface area contributed by atoms with Gasteiger partial charge in [-0.2, -0.15) is 0 Å². The number of ether oxygens (including phenoxy) is 1. The van der Waals surface area contributed by atoms with Gasteiger partial charge in [0.15, 0.2) is 11.6 Å². The number of hydrogen-bond donors (Lipinski definition) is 0. The maximum atomic E-state index is 12.9. The van der Waals surface area contributed by atoms with Crippen LogP contribution in [-0.4, -0.2) is 12.8 Å². The molecule has 0 aliphatic rings. The molecule has 2 rings (SSSR count). The van der Waals surface area contributed by atoms with Gasteiger partial charge in [-0.05, 0) is 30.1 Å². The lowest BCUT2D eigenvalue weighted by molar-refractivity contribution is 0.450. The van der Waals surface area contributed by atoms with E-state index >= 15 is 0 Å². The SMILES string of the molecule is [B]c1cc(C)cnc1Oc1ccc(F)c(F)c1. The number of pyridine rings is 1. The Morgan fingerprint density at radius 3 is 2.59 bits per heavy atom. The fourth-order valence-corrected chi connectivity index (χ4v) is 1.32. The molecular formula is C12H8BF2NO. The first-order valence-electron chi connectivity index (χ1n) is 4.91. The normalized spacial score (nSPS) is 10.3. The quantitative estimate of drug-likeness (QED) is 0.739. The zero-order valence-electron chi connectivity index (χ0n) is 9.08. The Labute approximate surface area is 98.7 Å². The fourth-order valence-electron chi connectivity index (χ4n) is 1.32. The summed E-state index contributed by atoms with van der Waals surface area (Å²) in [6.07, 6.45) is 1.57. The average Bonchev–Trinajstić information content (AvgIpc) is 2.27. The third-order valence-electron chi connectivity index (χ3n) is 2.12. The second-order valence-corrected chi connectivity index (χ2v) is 3.59. The first-order valence-corrected chi connectivity index (χ1v) is 4.91. The molecule has 1 aromatic heterocycles. The molecule has 84 valence electrons. The van der Waals surface area contributed by atoms with Crippen molar-refractivity contribution in [2.24, 2.45) is 0 Å². The summed E-state index contributed by atoms with van der Waals surface area (Å²) in [5, 5.41) is 0. The Hall–Kier alpha value is -1.91. The van der Waals surface area contributed by atoms with Gasteiger partial charge in [0.25, 0.3) is 0 Å². The largest absolute Gasteiger partial charge is 0.440 e. The monoisotopic (exact) mass is 231 g/mol. The van der Waals surface area contributed by atoms with Gasteiger partial charge in [-0.1, -0.05) is 6.07 Å². The van der Waals surface area contributed by atoms with Crippen molar-refractivity contribution in [3.63, 3.8) is 0 Å². The van der Waals surface area contributed by atoms with Gasteiger partial charge in [0, 0.05) is 12.3 Å². The zero-order valence-corrected chi connectivity index (χ0v) is 9.08. The molecule has 0 N–H and O–H groups in total. The summed E-state index contributed by atoms with van der Waals surface area (Å²) >= 11 is 0. The molecule has 0 fully saturated rings. The molecule has 0 amide bonds. The van der Waals surface area contributed by atoms with E-state index in [1.165, 1.54) is 6.07 Å². The molecule has 2 radical (unpaired) electrons. The smallest absolute Gasteiger partial charge is 0.212 e. The summed E-state index contributed by atoms with van der Waals surface area (Å²) in [6, 6.07) is 4.91. The maximum absolute atomic E-state index is 12.9. The van der Waals surface area contributed by atoms with Crippen molar-refractivity contribution >= 4 is 13.3 Å². The van der Waals surface area contributed by atoms with Crippen molar-refractivity contribution in [1.82, 2.24) is 4.98 Å². The summed E-state index contributed by atoms with van der Waals surface area (Å²) in [4.78, 5) is 3.96. The summed E-state index contributed by atoms with van der Waals surface area (Å²) < 4.78 is 30.9. The third-order valence-corrected chi connectivity index (χ3v) is 2.12. The van der Waals surface area contributed by atoms with Crippen molar-refractivity contribution in [2.75, 3.05) is 0 Å². The van der Waals surface area contributed by atoms with Crippen LogP contribution in [0.25, 0.3) is 0 Å². The number of hydrogen-bond acceptors (Lipinski definition) is 2. The van der Waals surface area contributed by atoms with Crippen molar-refractivity contribution in [3.8, 4) is 11.6 Å². The Morgan fingerprint density at radius 2 is 1.94 bits per heavy atom. The van der Waals surface area contributed by atoms with E-state index in [-0.39, 0.29) is 11.6 Å². The maximum Gasteiger partial charge on any atom is 0.212 e. The standard InChI is InChI=1S/C12H8BF2NO/c1-7-4-9(13)12(16-6-7)17-8-2-3-10(14)11(15)5-8/h2-6H,1H3. The second kappa shape index (κ2) is 4.53. The van der Waals surface area contributed by atoms with E-state index in [9.17, 15) is 8.78 Å². The molecule has 5 heteroatoms. The molecular weight excluding hydrogens is 223 g/mol. The minimum atomic E-state index is -0.979. The molecule has 0 unspecified atom stereocenters.